The van der Waals surface area contributed by atoms with Crippen molar-refractivity contribution < 1.29 is 0 Å². The molecule has 0 bridgehead atoms. The molecule has 2 rings (SSSR count). The summed E-state index contributed by atoms with van der Waals surface area (Å²) in [6.07, 6.45) is 3.36. The third-order valence-electron chi connectivity index (χ3n) is 3.41. The van der Waals surface area contributed by atoms with Crippen LogP contribution in [-0.2, 0) is 14.1 Å². The van der Waals surface area contributed by atoms with Gasteiger partial charge in [-0.1, -0.05) is 0 Å². The molecule has 1 saturated carbocycles. The van der Waals surface area contributed by atoms with Gasteiger partial charge in [-0.3, -0.25) is 13.9 Å². The van der Waals surface area contributed by atoms with Crippen LogP contribution in [0.25, 0.3) is 0 Å². The zero-order valence-corrected chi connectivity index (χ0v) is 9.91. The predicted molar refractivity (Wildman–Crippen MR) is 62.8 cm³/mol. The molecule has 5 heteroatoms. The monoisotopic (exact) mass is 223 g/mol. The second kappa shape index (κ2) is 3.50. The zero-order valence-electron chi connectivity index (χ0n) is 9.91. The van der Waals surface area contributed by atoms with Crippen LogP contribution in [0.5, 0.6) is 0 Å². The van der Waals surface area contributed by atoms with Gasteiger partial charge in [-0.15, -0.1) is 0 Å². The van der Waals surface area contributed by atoms with Crippen LogP contribution in [0.3, 0.4) is 0 Å². The molecule has 0 aliphatic heterocycles. The molecular formula is C11H17N3O2. The highest BCUT2D eigenvalue weighted by Gasteiger charge is 2.32. The molecule has 1 fully saturated rings. The van der Waals surface area contributed by atoms with Gasteiger partial charge in [-0.2, -0.15) is 0 Å². The first-order valence-corrected chi connectivity index (χ1v) is 5.48. The van der Waals surface area contributed by atoms with Gasteiger partial charge in [0.05, 0.1) is 0 Å². The van der Waals surface area contributed by atoms with Gasteiger partial charge in [0.25, 0.3) is 5.56 Å². The minimum Gasteiger partial charge on any atom is -0.366 e. The largest absolute Gasteiger partial charge is 0.366 e. The van der Waals surface area contributed by atoms with Crippen molar-refractivity contribution in [2.75, 3.05) is 5.32 Å². The molecule has 0 radical (unpaired) electrons. The van der Waals surface area contributed by atoms with Crippen LogP contribution in [0, 0.1) is 0 Å². The molecule has 16 heavy (non-hydrogen) atoms. The first-order valence-electron chi connectivity index (χ1n) is 5.48. The van der Waals surface area contributed by atoms with E-state index in [1.165, 1.54) is 24.1 Å². The summed E-state index contributed by atoms with van der Waals surface area (Å²) in [5.74, 6) is 0.607. The summed E-state index contributed by atoms with van der Waals surface area (Å²) in [5, 5.41) is 3.28. The standard InChI is InChI=1S/C11H17N3O2/c1-11(5-4-6-11)12-8-7-9(15)14(3)10(16)13(8)2/h7,12H,4-6H2,1-3H3. The second-order valence-electron chi connectivity index (χ2n) is 4.81. The Hall–Kier alpha value is -1.52. The fourth-order valence-corrected chi connectivity index (χ4v) is 1.99. The third kappa shape index (κ3) is 1.66. The van der Waals surface area contributed by atoms with Crippen molar-refractivity contribution in [3.8, 4) is 0 Å². The molecule has 0 aromatic carbocycles. The molecule has 0 atom stereocenters. The average Bonchev–Trinajstić information content (AvgIpc) is 2.20. The summed E-state index contributed by atoms with van der Waals surface area (Å²) in [5.41, 5.74) is -0.525. The first-order chi connectivity index (χ1) is 7.43. The Bertz CT molecular complexity index is 523. The van der Waals surface area contributed by atoms with Gasteiger partial charge in [0.15, 0.2) is 0 Å². The van der Waals surface area contributed by atoms with E-state index >= 15 is 0 Å². The lowest BCUT2D eigenvalue weighted by molar-refractivity contribution is 0.304. The number of hydrogen-bond acceptors (Lipinski definition) is 3. The molecule has 0 amide bonds. The number of aromatic nitrogens is 2. The highest BCUT2D eigenvalue weighted by atomic mass is 16.2. The van der Waals surface area contributed by atoms with E-state index in [2.05, 4.69) is 12.2 Å². The van der Waals surface area contributed by atoms with Gasteiger partial charge in [0, 0.05) is 25.7 Å². The van der Waals surface area contributed by atoms with E-state index in [9.17, 15) is 9.59 Å². The molecule has 1 aliphatic carbocycles. The Balaban J connectivity index is 2.42. The Labute approximate surface area is 93.7 Å². The fourth-order valence-electron chi connectivity index (χ4n) is 1.99. The van der Waals surface area contributed by atoms with Crippen LogP contribution in [0.1, 0.15) is 26.2 Å². The fraction of sp³-hybridized carbons (Fsp3) is 0.636. The van der Waals surface area contributed by atoms with E-state index < -0.39 is 0 Å². The molecule has 0 spiro atoms. The molecule has 1 heterocycles. The van der Waals surface area contributed by atoms with Crippen molar-refractivity contribution in [3.05, 3.63) is 26.9 Å². The van der Waals surface area contributed by atoms with Crippen molar-refractivity contribution >= 4 is 5.82 Å². The number of rotatable bonds is 2. The summed E-state index contributed by atoms with van der Waals surface area (Å²) >= 11 is 0. The van der Waals surface area contributed by atoms with Crippen molar-refractivity contribution in [1.29, 1.82) is 0 Å². The van der Waals surface area contributed by atoms with Gasteiger partial charge in [-0.25, -0.2) is 4.79 Å². The van der Waals surface area contributed by atoms with E-state index in [1.807, 2.05) is 0 Å². The van der Waals surface area contributed by atoms with Crippen LogP contribution in [-0.4, -0.2) is 14.7 Å². The Morgan fingerprint density at radius 2 is 1.88 bits per heavy atom. The maximum Gasteiger partial charge on any atom is 0.332 e. The quantitative estimate of drug-likeness (QED) is 0.791. The molecule has 0 saturated heterocycles. The molecule has 1 aromatic heterocycles. The first kappa shape index (κ1) is 11.0. The van der Waals surface area contributed by atoms with E-state index in [0.29, 0.717) is 5.82 Å². The second-order valence-corrected chi connectivity index (χ2v) is 4.81. The van der Waals surface area contributed by atoms with E-state index in [0.717, 1.165) is 17.4 Å². The Morgan fingerprint density at radius 1 is 1.25 bits per heavy atom. The Morgan fingerprint density at radius 3 is 2.38 bits per heavy atom. The smallest absolute Gasteiger partial charge is 0.332 e. The molecule has 0 unspecified atom stereocenters. The topological polar surface area (TPSA) is 56.0 Å². The van der Waals surface area contributed by atoms with Crippen molar-refractivity contribution in [3.63, 3.8) is 0 Å². The van der Waals surface area contributed by atoms with Crippen LogP contribution >= 0.6 is 0 Å². The summed E-state index contributed by atoms with van der Waals surface area (Å²) in [6.45, 7) is 2.11. The van der Waals surface area contributed by atoms with Crippen molar-refractivity contribution in [1.82, 2.24) is 9.13 Å². The summed E-state index contributed by atoms with van der Waals surface area (Å²) in [4.78, 5) is 23.2. The Kier molecular flexibility index (Phi) is 2.40. The van der Waals surface area contributed by atoms with Gasteiger partial charge in [0.1, 0.15) is 5.82 Å². The van der Waals surface area contributed by atoms with Gasteiger partial charge < -0.3 is 5.32 Å². The van der Waals surface area contributed by atoms with Crippen LogP contribution < -0.4 is 16.6 Å². The number of hydrogen-bond donors (Lipinski definition) is 1. The predicted octanol–water partition coefficient (Wildman–Crippen LogP) is 0.438. The van der Waals surface area contributed by atoms with Crippen LogP contribution in [0.4, 0.5) is 5.82 Å². The van der Waals surface area contributed by atoms with Crippen LogP contribution in [0.2, 0.25) is 0 Å². The average molecular weight is 223 g/mol. The molecule has 1 aliphatic rings. The van der Waals surface area contributed by atoms with E-state index in [-0.39, 0.29) is 16.8 Å². The number of nitrogens with zero attached hydrogens (tertiary/aromatic N) is 2. The molecule has 1 aromatic rings. The highest BCUT2D eigenvalue weighted by molar-refractivity contribution is 5.38. The number of anilines is 1. The van der Waals surface area contributed by atoms with Gasteiger partial charge >= 0.3 is 5.69 Å². The normalized spacial score (nSPS) is 17.9. The SMILES string of the molecule is Cn1c(NC2(C)CCC2)cc(=O)n(C)c1=O. The molecule has 88 valence electrons. The van der Waals surface area contributed by atoms with Gasteiger partial charge in [0.2, 0.25) is 0 Å². The lowest BCUT2D eigenvalue weighted by Crippen LogP contribution is -2.45. The maximum absolute atomic E-state index is 11.7. The minimum absolute atomic E-state index is 0.0383. The number of nitrogens with one attached hydrogen (secondary N) is 1. The summed E-state index contributed by atoms with van der Waals surface area (Å²) in [6, 6.07) is 1.48. The maximum atomic E-state index is 11.7. The lowest BCUT2D eigenvalue weighted by atomic mass is 9.78. The van der Waals surface area contributed by atoms with Crippen LogP contribution in [0.15, 0.2) is 15.7 Å². The lowest BCUT2D eigenvalue weighted by Gasteiger charge is -2.40. The van der Waals surface area contributed by atoms with Gasteiger partial charge in [-0.05, 0) is 26.2 Å². The zero-order chi connectivity index (χ0) is 11.9. The summed E-state index contributed by atoms with van der Waals surface area (Å²) in [7, 11) is 3.16. The minimum atomic E-state index is -0.294. The molecular weight excluding hydrogens is 206 g/mol. The third-order valence-corrected chi connectivity index (χ3v) is 3.41. The highest BCUT2D eigenvalue weighted by Crippen LogP contribution is 2.33. The van der Waals surface area contributed by atoms with E-state index in [1.54, 1.807) is 7.05 Å². The van der Waals surface area contributed by atoms with E-state index in [4.69, 9.17) is 0 Å². The summed E-state index contributed by atoms with van der Waals surface area (Å²) < 4.78 is 2.58. The molecule has 5 nitrogen and oxygen atoms in total. The van der Waals surface area contributed by atoms with Crippen molar-refractivity contribution in [2.45, 2.75) is 31.7 Å². The molecule has 1 N–H and O–H groups in total. The van der Waals surface area contributed by atoms with Crippen molar-refractivity contribution in [2.24, 2.45) is 14.1 Å².